The van der Waals surface area contributed by atoms with E-state index in [1.807, 2.05) is 26.8 Å². The Balaban J connectivity index is 3.03. The fraction of sp³-hybridized carbons (Fsp3) is 0.571. The number of benzene rings is 1. The van der Waals surface area contributed by atoms with Gasteiger partial charge in [0.2, 0.25) is 0 Å². The summed E-state index contributed by atoms with van der Waals surface area (Å²) in [6, 6.07) is 4.99. The van der Waals surface area contributed by atoms with E-state index in [9.17, 15) is 5.11 Å². The van der Waals surface area contributed by atoms with Gasteiger partial charge < -0.3 is 20.3 Å². The molecule has 0 aromatic heterocycles. The molecule has 0 radical (unpaired) electrons. The van der Waals surface area contributed by atoms with Gasteiger partial charge in [-0.2, -0.15) is 0 Å². The molecule has 0 saturated carbocycles. The summed E-state index contributed by atoms with van der Waals surface area (Å²) < 4.78 is 10.4. The van der Waals surface area contributed by atoms with Crippen molar-refractivity contribution < 1.29 is 14.6 Å². The summed E-state index contributed by atoms with van der Waals surface area (Å²) in [5.74, 6) is 1.27. The average molecular weight is 253 g/mol. The van der Waals surface area contributed by atoms with Gasteiger partial charge in [-0.3, -0.25) is 0 Å². The molecule has 0 fully saturated rings. The zero-order chi connectivity index (χ0) is 13.9. The van der Waals surface area contributed by atoms with Crippen molar-refractivity contribution in [2.75, 3.05) is 14.2 Å². The van der Waals surface area contributed by atoms with E-state index < -0.39 is 12.1 Å². The molecular weight excluding hydrogens is 230 g/mol. The van der Waals surface area contributed by atoms with Gasteiger partial charge in [0.25, 0.3) is 0 Å². The van der Waals surface area contributed by atoms with Crippen LogP contribution in [0.4, 0.5) is 0 Å². The van der Waals surface area contributed by atoms with Gasteiger partial charge in [0.05, 0.1) is 26.4 Å². The van der Waals surface area contributed by atoms with E-state index >= 15 is 0 Å². The first-order valence-electron chi connectivity index (χ1n) is 5.96. The molecule has 0 spiro atoms. The quantitative estimate of drug-likeness (QED) is 0.862. The number of aliphatic hydroxyl groups excluding tert-OH is 1. The summed E-state index contributed by atoms with van der Waals surface area (Å²) in [5, 5.41) is 10.2. The number of ether oxygens (including phenoxy) is 2. The third-order valence-corrected chi connectivity index (χ3v) is 3.02. The lowest BCUT2D eigenvalue weighted by Gasteiger charge is -2.31. The number of aliphatic hydroxyl groups is 1. The molecule has 4 nitrogen and oxygen atoms in total. The zero-order valence-corrected chi connectivity index (χ0v) is 11.7. The SMILES string of the molecule is COc1ccc([C@@H](N)[C@@H](O)C(C)(C)C)cc1OC. The Labute approximate surface area is 109 Å². The lowest BCUT2D eigenvalue weighted by Crippen LogP contribution is -2.36. The third kappa shape index (κ3) is 3.15. The monoisotopic (exact) mass is 253 g/mol. The number of methoxy groups -OCH3 is 2. The van der Waals surface area contributed by atoms with Crippen LogP contribution in [0.3, 0.4) is 0 Å². The second-order valence-electron chi connectivity index (χ2n) is 5.45. The van der Waals surface area contributed by atoms with E-state index in [1.165, 1.54) is 0 Å². The lowest BCUT2D eigenvalue weighted by molar-refractivity contribution is 0.0400. The van der Waals surface area contributed by atoms with Crippen molar-refractivity contribution in [2.45, 2.75) is 32.9 Å². The molecule has 0 heterocycles. The van der Waals surface area contributed by atoms with Crippen molar-refractivity contribution in [1.82, 2.24) is 0 Å². The van der Waals surface area contributed by atoms with Crippen LogP contribution in [0.15, 0.2) is 18.2 Å². The second kappa shape index (κ2) is 5.59. The van der Waals surface area contributed by atoms with Crippen molar-refractivity contribution >= 4 is 0 Å². The Morgan fingerprint density at radius 2 is 1.67 bits per heavy atom. The van der Waals surface area contributed by atoms with Crippen LogP contribution in [0, 0.1) is 5.41 Å². The van der Waals surface area contributed by atoms with Crippen molar-refractivity contribution in [3.63, 3.8) is 0 Å². The van der Waals surface area contributed by atoms with Crippen LogP contribution in [-0.4, -0.2) is 25.4 Å². The molecule has 102 valence electrons. The largest absolute Gasteiger partial charge is 0.493 e. The van der Waals surface area contributed by atoms with E-state index in [0.29, 0.717) is 11.5 Å². The molecular formula is C14H23NO3. The van der Waals surface area contributed by atoms with Gasteiger partial charge in [-0.05, 0) is 23.1 Å². The van der Waals surface area contributed by atoms with Crippen molar-refractivity contribution in [1.29, 1.82) is 0 Å². The normalized spacial score (nSPS) is 15.1. The highest BCUT2D eigenvalue weighted by atomic mass is 16.5. The van der Waals surface area contributed by atoms with Gasteiger partial charge in [-0.1, -0.05) is 26.8 Å². The molecule has 0 aliphatic heterocycles. The molecule has 0 amide bonds. The van der Waals surface area contributed by atoms with Crippen molar-refractivity contribution in [3.05, 3.63) is 23.8 Å². The van der Waals surface area contributed by atoms with E-state index in [-0.39, 0.29) is 5.41 Å². The molecule has 18 heavy (non-hydrogen) atoms. The summed E-state index contributed by atoms with van der Waals surface area (Å²) >= 11 is 0. The lowest BCUT2D eigenvalue weighted by atomic mass is 9.82. The van der Waals surface area contributed by atoms with Crippen LogP contribution in [-0.2, 0) is 0 Å². The van der Waals surface area contributed by atoms with Crippen molar-refractivity contribution in [2.24, 2.45) is 11.1 Å². The van der Waals surface area contributed by atoms with Gasteiger partial charge in [0.15, 0.2) is 11.5 Å². The van der Waals surface area contributed by atoms with Gasteiger partial charge in [0.1, 0.15) is 0 Å². The molecule has 2 atom stereocenters. The van der Waals surface area contributed by atoms with E-state index in [0.717, 1.165) is 5.56 Å². The minimum Gasteiger partial charge on any atom is -0.493 e. The average Bonchev–Trinajstić information content (AvgIpc) is 2.34. The molecule has 0 unspecified atom stereocenters. The summed E-state index contributed by atoms with van der Waals surface area (Å²) in [7, 11) is 3.16. The Kier molecular flexibility index (Phi) is 4.59. The molecule has 1 rings (SSSR count). The van der Waals surface area contributed by atoms with Crippen LogP contribution in [0.1, 0.15) is 32.4 Å². The van der Waals surface area contributed by atoms with Crippen LogP contribution in [0.5, 0.6) is 11.5 Å². The number of hydrogen-bond donors (Lipinski definition) is 2. The third-order valence-electron chi connectivity index (χ3n) is 3.02. The van der Waals surface area contributed by atoms with Crippen LogP contribution >= 0.6 is 0 Å². The summed E-state index contributed by atoms with van der Waals surface area (Å²) in [6.07, 6.45) is -0.629. The van der Waals surface area contributed by atoms with Gasteiger partial charge in [-0.25, -0.2) is 0 Å². The van der Waals surface area contributed by atoms with E-state index in [4.69, 9.17) is 15.2 Å². The maximum atomic E-state index is 10.2. The number of rotatable bonds is 4. The van der Waals surface area contributed by atoms with Gasteiger partial charge in [0, 0.05) is 0 Å². The van der Waals surface area contributed by atoms with Crippen LogP contribution in [0.25, 0.3) is 0 Å². The standard InChI is InChI=1S/C14H23NO3/c1-14(2,3)13(16)12(15)9-6-7-10(17-4)11(8-9)18-5/h6-8,12-13,16H,15H2,1-5H3/t12-,13-/m1/s1. The predicted molar refractivity (Wildman–Crippen MR) is 71.9 cm³/mol. The Hall–Kier alpha value is -1.26. The molecule has 0 bridgehead atoms. The fourth-order valence-corrected chi connectivity index (χ4v) is 1.78. The highest BCUT2D eigenvalue weighted by molar-refractivity contribution is 5.44. The number of nitrogens with two attached hydrogens (primary N) is 1. The first-order valence-corrected chi connectivity index (χ1v) is 5.96. The molecule has 0 aliphatic carbocycles. The molecule has 4 heteroatoms. The summed E-state index contributed by atoms with van der Waals surface area (Å²) in [6.45, 7) is 5.87. The molecule has 3 N–H and O–H groups in total. The first-order chi connectivity index (χ1) is 8.31. The first kappa shape index (κ1) is 14.8. The minimum absolute atomic E-state index is 0.271. The zero-order valence-electron chi connectivity index (χ0n) is 11.7. The topological polar surface area (TPSA) is 64.7 Å². The minimum atomic E-state index is -0.629. The van der Waals surface area contributed by atoms with Gasteiger partial charge >= 0.3 is 0 Å². The molecule has 0 saturated heterocycles. The Morgan fingerprint density at radius 1 is 1.11 bits per heavy atom. The highest BCUT2D eigenvalue weighted by Gasteiger charge is 2.29. The van der Waals surface area contributed by atoms with Crippen molar-refractivity contribution in [3.8, 4) is 11.5 Å². The Bertz CT molecular complexity index is 399. The molecule has 1 aromatic carbocycles. The molecule has 1 aromatic rings. The van der Waals surface area contributed by atoms with Gasteiger partial charge in [-0.15, -0.1) is 0 Å². The highest BCUT2D eigenvalue weighted by Crippen LogP contribution is 2.33. The van der Waals surface area contributed by atoms with Crippen LogP contribution in [0.2, 0.25) is 0 Å². The predicted octanol–water partition coefficient (Wildman–Crippen LogP) is 2.11. The Morgan fingerprint density at radius 3 is 2.11 bits per heavy atom. The smallest absolute Gasteiger partial charge is 0.161 e. The second-order valence-corrected chi connectivity index (χ2v) is 5.45. The van der Waals surface area contributed by atoms with E-state index in [1.54, 1.807) is 26.4 Å². The molecule has 0 aliphatic rings. The maximum Gasteiger partial charge on any atom is 0.161 e. The maximum absolute atomic E-state index is 10.2. The summed E-state index contributed by atoms with van der Waals surface area (Å²) in [4.78, 5) is 0. The van der Waals surface area contributed by atoms with E-state index in [2.05, 4.69) is 0 Å². The number of hydrogen-bond acceptors (Lipinski definition) is 4. The summed E-state index contributed by atoms with van der Waals surface area (Å²) in [5.41, 5.74) is 6.65. The van der Waals surface area contributed by atoms with Crippen LogP contribution < -0.4 is 15.2 Å². The fourth-order valence-electron chi connectivity index (χ4n) is 1.78.